The highest BCUT2D eigenvalue weighted by atomic mass is 16.4. The molecule has 0 aromatic heterocycles. The van der Waals surface area contributed by atoms with E-state index in [4.69, 9.17) is 16.6 Å². The molecule has 1 aromatic carbocycles. The number of aliphatic hydroxyl groups is 1. The molecule has 0 aliphatic carbocycles. The number of benzene rings is 1. The summed E-state index contributed by atoms with van der Waals surface area (Å²) in [5.41, 5.74) is 11.2. The Balaban J connectivity index is 3.01. The Kier molecular flexibility index (Phi) is 19.3. The van der Waals surface area contributed by atoms with Crippen molar-refractivity contribution in [2.45, 2.75) is 82.2 Å². The van der Waals surface area contributed by atoms with Crippen LogP contribution in [0.5, 0.6) is 0 Å². The minimum atomic E-state index is -1.85. The number of hydrogen-bond donors (Lipinski definition) is 12. The summed E-state index contributed by atoms with van der Waals surface area (Å²) in [6, 6.07) is -1.24. The lowest BCUT2D eigenvalue weighted by atomic mass is 10.0. The molecule has 0 aliphatic heterocycles. The van der Waals surface area contributed by atoms with Gasteiger partial charge in [0.2, 0.25) is 41.4 Å². The van der Waals surface area contributed by atoms with E-state index in [1.807, 2.05) is 0 Å². The Hall–Kier alpha value is -6.16. The minimum Gasteiger partial charge on any atom is -0.481 e. The van der Waals surface area contributed by atoms with Gasteiger partial charge in [-0.2, -0.15) is 0 Å². The van der Waals surface area contributed by atoms with Crippen LogP contribution in [0.2, 0.25) is 0 Å². The fraction of sp³-hybridized carbons (Fsp3) is 0.500. The number of carboxylic acids is 3. The summed E-state index contributed by atoms with van der Waals surface area (Å²) in [4.78, 5) is 122. The van der Waals surface area contributed by atoms with Crippen LogP contribution < -0.4 is 43.4 Å². The molecule has 298 valence electrons. The van der Waals surface area contributed by atoms with Gasteiger partial charge in [0.05, 0.1) is 32.0 Å². The Morgan fingerprint density at radius 2 is 1.24 bits per heavy atom. The van der Waals surface area contributed by atoms with Gasteiger partial charge in [0.15, 0.2) is 0 Å². The van der Waals surface area contributed by atoms with Crippen LogP contribution in [0.15, 0.2) is 30.3 Å². The topological polar surface area (TPSA) is 376 Å². The highest BCUT2D eigenvalue weighted by molar-refractivity contribution is 5.98. The second-order valence-corrected chi connectivity index (χ2v) is 12.3. The molecule has 0 radical (unpaired) electrons. The van der Waals surface area contributed by atoms with Crippen molar-refractivity contribution in [1.29, 1.82) is 0 Å². The number of carboxylic acid groups (broad SMARTS) is 3. The largest absolute Gasteiger partial charge is 0.481 e. The van der Waals surface area contributed by atoms with Crippen LogP contribution in [-0.2, 0) is 54.4 Å². The van der Waals surface area contributed by atoms with Crippen molar-refractivity contribution >= 4 is 59.3 Å². The predicted molar refractivity (Wildman–Crippen MR) is 183 cm³/mol. The zero-order chi connectivity index (χ0) is 41.1. The summed E-state index contributed by atoms with van der Waals surface area (Å²) >= 11 is 0. The fourth-order valence-electron chi connectivity index (χ4n) is 4.61. The number of nitrogens with two attached hydrogens (primary N) is 2. The van der Waals surface area contributed by atoms with Crippen molar-refractivity contribution in [1.82, 2.24) is 31.9 Å². The van der Waals surface area contributed by atoms with Crippen molar-refractivity contribution in [3.63, 3.8) is 0 Å². The van der Waals surface area contributed by atoms with Crippen molar-refractivity contribution in [2.75, 3.05) is 13.2 Å². The number of rotatable bonds is 24. The molecular formula is C32H46N8O14. The van der Waals surface area contributed by atoms with Gasteiger partial charge in [-0.05, 0) is 17.9 Å². The summed E-state index contributed by atoms with van der Waals surface area (Å²) in [6.45, 7) is 1.10. The average Bonchev–Trinajstić information content (AvgIpc) is 3.08. The first-order valence-electron chi connectivity index (χ1n) is 16.4. The third-order valence-corrected chi connectivity index (χ3v) is 7.45. The Labute approximate surface area is 308 Å². The van der Waals surface area contributed by atoms with Crippen LogP contribution in [0.1, 0.15) is 45.1 Å². The molecular weight excluding hydrogens is 720 g/mol. The molecule has 0 spiro atoms. The van der Waals surface area contributed by atoms with E-state index in [2.05, 4.69) is 31.9 Å². The highest BCUT2D eigenvalue weighted by Crippen LogP contribution is 2.07. The van der Waals surface area contributed by atoms with E-state index in [0.29, 0.717) is 5.56 Å². The van der Waals surface area contributed by atoms with Gasteiger partial charge < -0.3 is 63.8 Å². The van der Waals surface area contributed by atoms with Gasteiger partial charge >= 0.3 is 17.9 Å². The third-order valence-electron chi connectivity index (χ3n) is 7.45. The lowest BCUT2D eigenvalue weighted by Gasteiger charge is -2.26. The Morgan fingerprint density at radius 1 is 0.667 bits per heavy atom. The van der Waals surface area contributed by atoms with E-state index in [-0.39, 0.29) is 6.42 Å². The first kappa shape index (κ1) is 45.9. The van der Waals surface area contributed by atoms with Gasteiger partial charge in [-0.25, -0.2) is 4.79 Å². The van der Waals surface area contributed by atoms with Gasteiger partial charge in [0.25, 0.3) is 0 Å². The lowest BCUT2D eigenvalue weighted by molar-refractivity contribution is -0.143. The number of aliphatic carboxylic acids is 3. The second kappa shape index (κ2) is 22.7. The molecule has 0 bridgehead atoms. The molecule has 7 amide bonds. The van der Waals surface area contributed by atoms with E-state index < -0.39 is 140 Å². The maximum absolute atomic E-state index is 13.1. The summed E-state index contributed by atoms with van der Waals surface area (Å²) in [5.74, 6) is -12.2. The van der Waals surface area contributed by atoms with E-state index >= 15 is 0 Å². The molecule has 0 unspecified atom stereocenters. The summed E-state index contributed by atoms with van der Waals surface area (Å²) in [7, 11) is 0. The number of nitrogens with one attached hydrogen (secondary N) is 6. The van der Waals surface area contributed by atoms with Gasteiger partial charge in [-0.3, -0.25) is 43.2 Å². The molecule has 0 aliphatic rings. The normalized spacial score (nSPS) is 14.1. The molecule has 0 fully saturated rings. The smallest absolute Gasteiger partial charge is 0.326 e. The standard InChI is InChI=1S/C32H46N8O14/c1-15(2)26(40-27(48)17(33)11-22(34)42)31(52)38-20(12-25(46)47)30(51)39-21(14-41)28(49)35-13-23(43)36-19(10-16-6-4-3-5-7-16)29(50)37-18(32(53)54)8-9-24(44)45/h3-7,15,17-21,26,41H,8-14,33H2,1-2H3,(H2,34,42)(H,35,49)(H,36,43)(H,37,50)(H,38,52)(H,39,51)(H,40,48)(H,44,45)(H,46,47)(H,53,54)/t17-,18-,19-,20-,21-,26-/m0/s1. The van der Waals surface area contributed by atoms with Crippen LogP contribution in [0, 0.1) is 5.92 Å². The minimum absolute atomic E-state index is 0.148. The van der Waals surface area contributed by atoms with Gasteiger partial charge in [-0.1, -0.05) is 44.2 Å². The summed E-state index contributed by atoms with van der Waals surface area (Å²) in [6.07, 6.45) is -2.72. The molecule has 22 heteroatoms. The Morgan fingerprint density at radius 3 is 1.76 bits per heavy atom. The average molecular weight is 767 g/mol. The van der Waals surface area contributed by atoms with Gasteiger partial charge in [0.1, 0.15) is 30.2 Å². The number of amides is 7. The highest BCUT2D eigenvalue weighted by Gasteiger charge is 2.33. The van der Waals surface area contributed by atoms with Gasteiger partial charge in [-0.15, -0.1) is 0 Å². The quantitative estimate of drug-likeness (QED) is 0.0469. The second-order valence-electron chi connectivity index (χ2n) is 12.3. The Bertz CT molecular complexity index is 1540. The molecule has 1 aromatic rings. The third kappa shape index (κ3) is 16.9. The molecule has 1 rings (SSSR count). The van der Waals surface area contributed by atoms with Crippen LogP contribution in [0.4, 0.5) is 0 Å². The number of primary amides is 1. The molecule has 14 N–H and O–H groups in total. The first-order chi connectivity index (χ1) is 25.2. The molecule has 0 heterocycles. The van der Waals surface area contributed by atoms with Crippen molar-refractivity contribution in [3.8, 4) is 0 Å². The molecule has 54 heavy (non-hydrogen) atoms. The zero-order valence-electron chi connectivity index (χ0n) is 29.4. The monoisotopic (exact) mass is 766 g/mol. The van der Waals surface area contributed by atoms with Crippen LogP contribution in [-0.4, -0.2) is 129 Å². The van der Waals surface area contributed by atoms with Gasteiger partial charge in [0, 0.05) is 12.8 Å². The summed E-state index contributed by atoms with van der Waals surface area (Å²) < 4.78 is 0. The van der Waals surface area contributed by atoms with Crippen molar-refractivity contribution in [3.05, 3.63) is 35.9 Å². The molecule has 0 saturated carbocycles. The number of aliphatic hydroxyl groups excluding tert-OH is 1. The maximum Gasteiger partial charge on any atom is 0.326 e. The van der Waals surface area contributed by atoms with E-state index in [0.717, 1.165) is 0 Å². The molecule has 0 saturated heterocycles. The van der Waals surface area contributed by atoms with Crippen molar-refractivity contribution in [2.24, 2.45) is 17.4 Å². The van der Waals surface area contributed by atoms with E-state index in [1.54, 1.807) is 30.3 Å². The number of hydrogen-bond acceptors (Lipinski definition) is 12. The molecule has 6 atom stereocenters. The summed E-state index contributed by atoms with van der Waals surface area (Å²) in [5, 5.41) is 50.7. The van der Waals surface area contributed by atoms with E-state index in [1.165, 1.54) is 13.8 Å². The predicted octanol–water partition coefficient (Wildman–Crippen LogP) is -4.96. The fourth-order valence-corrected chi connectivity index (χ4v) is 4.61. The molecule has 22 nitrogen and oxygen atoms in total. The number of carbonyl (C=O) groups is 10. The van der Waals surface area contributed by atoms with Crippen LogP contribution in [0.25, 0.3) is 0 Å². The van der Waals surface area contributed by atoms with Crippen molar-refractivity contribution < 1.29 is 68.4 Å². The maximum atomic E-state index is 13.1. The zero-order valence-corrected chi connectivity index (χ0v) is 29.4. The SMILES string of the molecule is CC(C)[C@H](NC(=O)[C@@H](N)CC(N)=O)C(=O)N[C@@H](CC(=O)O)C(=O)N[C@@H](CO)C(=O)NCC(=O)N[C@@H](Cc1ccccc1)C(=O)N[C@@H](CCC(=O)O)C(=O)O. The lowest BCUT2D eigenvalue weighted by Crippen LogP contribution is -2.60. The first-order valence-corrected chi connectivity index (χ1v) is 16.4. The van der Waals surface area contributed by atoms with Crippen LogP contribution >= 0.6 is 0 Å². The number of carbonyl (C=O) groups excluding carboxylic acids is 7. The van der Waals surface area contributed by atoms with Crippen LogP contribution in [0.3, 0.4) is 0 Å². The van der Waals surface area contributed by atoms with E-state index in [9.17, 15) is 63.3 Å².